The molecule has 126 valence electrons. The third-order valence-electron chi connectivity index (χ3n) is 7.87. The van der Waals surface area contributed by atoms with E-state index in [1.165, 1.54) is 12.0 Å². The van der Waals surface area contributed by atoms with E-state index in [1.807, 2.05) is 0 Å². The van der Waals surface area contributed by atoms with Crippen molar-refractivity contribution in [1.82, 2.24) is 0 Å². The summed E-state index contributed by atoms with van der Waals surface area (Å²) in [6.07, 6.45) is 12.7. The van der Waals surface area contributed by atoms with Crippen molar-refractivity contribution in [1.29, 1.82) is 0 Å². The van der Waals surface area contributed by atoms with Crippen molar-refractivity contribution in [2.45, 2.75) is 64.1 Å². The van der Waals surface area contributed by atoms with Gasteiger partial charge in [0, 0.05) is 0 Å². The molecule has 2 N–H and O–H groups in total. The molecule has 23 heavy (non-hydrogen) atoms. The quantitative estimate of drug-likeness (QED) is 0.768. The number of allylic oxidation sites excluding steroid dienone is 3. The largest absolute Gasteiger partial charge is 0.393 e. The summed E-state index contributed by atoms with van der Waals surface area (Å²) in [6.45, 7) is 8.48. The molecule has 0 heterocycles. The minimum Gasteiger partial charge on any atom is -0.393 e. The fourth-order valence-corrected chi connectivity index (χ4v) is 6.16. The minimum absolute atomic E-state index is 0.103. The van der Waals surface area contributed by atoms with E-state index in [2.05, 4.69) is 38.7 Å². The van der Waals surface area contributed by atoms with Gasteiger partial charge in [-0.25, -0.2) is 0 Å². The van der Waals surface area contributed by atoms with Gasteiger partial charge in [0.15, 0.2) is 0 Å². The van der Waals surface area contributed by atoms with E-state index >= 15 is 0 Å². The Hall–Kier alpha value is -0.860. The van der Waals surface area contributed by atoms with E-state index in [0.717, 1.165) is 37.7 Å². The predicted octanol–water partition coefficient (Wildman–Crippen LogP) is 4.00. The Morgan fingerprint density at radius 3 is 2.83 bits per heavy atom. The van der Waals surface area contributed by atoms with Crippen molar-refractivity contribution in [2.24, 2.45) is 29.1 Å². The number of fused-ring (bicyclic) bond motifs is 5. The normalized spacial score (nSPS) is 51.7. The Morgan fingerprint density at radius 1 is 1.30 bits per heavy atom. The predicted molar refractivity (Wildman–Crippen MR) is 92.8 cm³/mol. The molecule has 2 fully saturated rings. The van der Waals surface area contributed by atoms with Crippen LogP contribution in [0.3, 0.4) is 0 Å². The zero-order valence-corrected chi connectivity index (χ0v) is 14.5. The second-order valence-corrected chi connectivity index (χ2v) is 8.71. The summed E-state index contributed by atoms with van der Waals surface area (Å²) in [5, 5.41) is 21.4. The number of rotatable bonds is 1. The van der Waals surface area contributed by atoms with Crippen LogP contribution in [-0.4, -0.2) is 21.9 Å². The molecule has 0 aliphatic heterocycles. The van der Waals surface area contributed by atoms with Gasteiger partial charge in [-0.15, -0.1) is 0 Å². The highest BCUT2D eigenvalue weighted by Gasteiger charge is 2.55. The summed E-state index contributed by atoms with van der Waals surface area (Å²) in [5.41, 5.74) is 1.63. The minimum atomic E-state index is -0.722. The second kappa shape index (κ2) is 5.07. The van der Waals surface area contributed by atoms with E-state index in [4.69, 9.17) is 0 Å². The fourth-order valence-electron chi connectivity index (χ4n) is 6.16. The van der Waals surface area contributed by atoms with Gasteiger partial charge in [-0.2, -0.15) is 0 Å². The molecule has 0 aromatic rings. The number of hydrogen-bond donors (Lipinski definition) is 2. The van der Waals surface area contributed by atoms with Gasteiger partial charge in [-0.05, 0) is 78.8 Å². The van der Waals surface area contributed by atoms with Crippen molar-refractivity contribution in [3.05, 3.63) is 36.0 Å². The van der Waals surface area contributed by atoms with Crippen molar-refractivity contribution in [2.75, 3.05) is 0 Å². The van der Waals surface area contributed by atoms with Crippen LogP contribution < -0.4 is 0 Å². The van der Waals surface area contributed by atoms with Crippen LogP contribution in [0.4, 0.5) is 0 Å². The molecule has 0 amide bonds. The van der Waals surface area contributed by atoms with E-state index in [-0.39, 0.29) is 11.5 Å². The van der Waals surface area contributed by atoms with Crippen molar-refractivity contribution in [3.63, 3.8) is 0 Å². The van der Waals surface area contributed by atoms with Crippen LogP contribution in [0, 0.1) is 29.1 Å². The number of aliphatic hydroxyl groups excluding tert-OH is 1. The lowest BCUT2D eigenvalue weighted by atomic mass is 9.53. The third kappa shape index (κ3) is 2.07. The molecule has 0 bridgehead atoms. The van der Waals surface area contributed by atoms with Gasteiger partial charge in [0.05, 0.1) is 11.7 Å². The molecule has 7 atom stereocenters. The maximum absolute atomic E-state index is 10.9. The number of hydrogen-bond acceptors (Lipinski definition) is 2. The standard InChI is InChI=1S/C21H30O2/c1-4-21(23)12-17-14(11-13(21)2)5-6-16-15(17)9-10-20(3)18(16)7-8-19(20)22/h5-6,11,15-19,22-23H,2,4,7-10,12H2,1,3H3/t15-,16+,17-,18-,19?,20-,21-/m0/s1. The van der Waals surface area contributed by atoms with Crippen LogP contribution in [-0.2, 0) is 0 Å². The topological polar surface area (TPSA) is 40.5 Å². The van der Waals surface area contributed by atoms with Gasteiger partial charge >= 0.3 is 0 Å². The molecule has 0 spiro atoms. The molecule has 0 aromatic carbocycles. The molecular formula is C21H30O2. The van der Waals surface area contributed by atoms with Crippen LogP contribution in [0.5, 0.6) is 0 Å². The van der Waals surface area contributed by atoms with Crippen LogP contribution >= 0.6 is 0 Å². The molecule has 0 radical (unpaired) electrons. The molecule has 1 unspecified atom stereocenters. The molecule has 0 saturated heterocycles. The first-order chi connectivity index (χ1) is 10.9. The summed E-state index contributed by atoms with van der Waals surface area (Å²) in [7, 11) is 0. The second-order valence-electron chi connectivity index (χ2n) is 8.71. The monoisotopic (exact) mass is 314 g/mol. The van der Waals surface area contributed by atoms with Gasteiger partial charge < -0.3 is 10.2 Å². The smallest absolute Gasteiger partial charge is 0.0894 e. The van der Waals surface area contributed by atoms with E-state index in [0.29, 0.717) is 23.7 Å². The Morgan fingerprint density at radius 2 is 2.09 bits per heavy atom. The Labute approximate surface area is 140 Å². The zero-order valence-electron chi connectivity index (χ0n) is 14.5. The van der Waals surface area contributed by atoms with E-state index in [9.17, 15) is 10.2 Å². The highest BCUT2D eigenvalue weighted by Crippen LogP contribution is 2.61. The van der Waals surface area contributed by atoms with Crippen molar-refractivity contribution in [3.8, 4) is 0 Å². The molecule has 2 nitrogen and oxygen atoms in total. The average molecular weight is 314 g/mol. The summed E-state index contributed by atoms with van der Waals surface area (Å²) in [6, 6.07) is 0. The number of aliphatic hydroxyl groups is 2. The molecule has 2 heteroatoms. The van der Waals surface area contributed by atoms with E-state index in [1.54, 1.807) is 0 Å². The van der Waals surface area contributed by atoms with Gasteiger partial charge in [0.1, 0.15) is 0 Å². The highest BCUT2D eigenvalue weighted by molar-refractivity contribution is 5.42. The molecule has 4 rings (SSSR count). The summed E-state index contributed by atoms with van der Waals surface area (Å²) >= 11 is 0. The van der Waals surface area contributed by atoms with E-state index < -0.39 is 5.60 Å². The fraction of sp³-hybridized carbons (Fsp3) is 0.714. The van der Waals surface area contributed by atoms with Crippen molar-refractivity contribution < 1.29 is 10.2 Å². The van der Waals surface area contributed by atoms with Crippen LogP contribution in [0.25, 0.3) is 0 Å². The Bertz CT molecular complexity index is 589. The van der Waals surface area contributed by atoms with Crippen LogP contribution in [0.2, 0.25) is 0 Å². The first kappa shape index (κ1) is 15.7. The van der Waals surface area contributed by atoms with Crippen molar-refractivity contribution >= 4 is 0 Å². The average Bonchev–Trinajstić information content (AvgIpc) is 2.84. The summed E-state index contributed by atoms with van der Waals surface area (Å²) in [4.78, 5) is 0. The SMILES string of the molecule is C=C1C=C2C=C[C@@H]3[C@H](CC[C@]4(C)C(O)CC[C@@H]34)[C@H]2C[C@@]1(O)CC. The lowest BCUT2D eigenvalue weighted by molar-refractivity contribution is -0.0415. The molecule has 0 aromatic heterocycles. The van der Waals surface area contributed by atoms with Crippen LogP contribution in [0.15, 0.2) is 36.0 Å². The lowest BCUT2D eigenvalue weighted by Gasteiger charge is -2.52. The molecule has 4 aliphatic rings. The maximum Gasteiger partial charge on any atom is 0.0894 e. The van der Waals surface area contributed by atoms with Gasteiger partial charge in [-0.3, -0.25) is 0 Å². The summed E-state index contributed by atoms with van der Waals surface area (Å²) in [5.74, 6) is 2.26. The zero-order chi connectivity index (χ0) is 16.4. The first-order valence-corrected chi connectivity index (χ1v) is 9.38. The van der Waals surface area contributed by atoms with Gasteiger partial charge in [-0.1, -0.05) is 38.7 Å². The Balaban J connectivity index is 1.69. The first-order valence-electron chi connectivity index (χ1n) is 9.38. The van der Waals surface area contributed by atoms with Crippen LogP contribution in [0.1, 0.15) is 52.4 Å². The molecular weight excluding hydrogens is 284 g/mol. The maximum atomic E-state index is 10.9. The summed E-state index contributed by atoms with van der Waals surface area (Å²) < 4.78 is 0. The molecule has 4 aliphatic carbocycles. The third-order valence-corrected chi connectivity index (χ3v) is 7.87. The lowest BCUT2D eigenvalue weighted by Crippen LogP contribution is -2.48. The molecule has 2 saturated carbocycles. The Kier molecular flexibility index (Phi) is 3.45. The highest BCUT2D eigenvalue weighted by atomic mass is 16.3. The van der Waals surface area contributed by atoms with Gasteiger partial charge in [0.2, 0.25) is 0 Å². The van der Waals surface area contributed by atoms with Gasteiger partial charge in [0.25, 0.3) is 0 Å².